The molecule has 9 heteroatoms. The summed E-state index contributed by atoms with van der Waals surface area (Å²) in [5.74, 6) is 1.39. The van der Waals surface area contributed by atoms with Crippen LogP contribution < -0.4 is 15.8 Å². The Balaban J connectivity index is 1.62. The molecule has 1 aliphatic rings. The predicted molar refractivity (Wildman–Crippen MR) is 93.8 cm³/mol. The van der Waals surface area contributed by atoms with Gasteiger partial charge < -0.3 is 15.1 Å². The lowest BCUT2D eigenvalue weighted by Gasteiger charge is -2.35. The van der Waals surface area contributed by atoms with Crippen LogP contribution in [-0.4, -0.2) is 63.5 Å². The molecule has 0 aliphatic carbocycles. The number of piperazine rings is 1. The van der Waals surface area contributed by atoms with Crippen molar-refractivity contribution in [2.24, 2.45) is 7.05 Å². The zero-order valence-corrected chi connectivity index (χ0v) is 14.3. The second-order valence-electron chi connectivity index (χ2n) is 5.77. The zero-order chi connectivity index (χ0) is 17.8. The molecule has 3 heterocycles. The van der Waals surface area contributed by atoms with Gasteiger partial charge in [-0.05, 0) is 25.1 Å². The van der Waals surface area contributed by atoms with Crippen LogP contribution in [0, 0.1) is 0 Å². The van der Waals surface area contributed by atoms with Crippen molar-refractivity contribution < 1.29 is 4.79 Å². The van der Waals surface area contributed by atoms with E-state index in [0.717, 1.165) is 18.2 Å². The molecule has 0 radical (unpaired) electrons. The molecule has 0 atom stereocenters. The van der Waals surface area contributed by atoms with Gasteiger partial charge in [0, 0.05) is 45.8 Å². The average molecular weight is 343 g/mol. The maximum atomic E-state index is 12.5. The molecule has 1 fully saturated rings. The van der Waals surface area contributed by atoms with Crippen LogP contribution >= 0.6 is 0 Å². The molecular formula is C16H21N7O2. The summed E-state index contributed by atoms with van der Waals surface area (Å²) in [6, 6.07) is 6.66. The van der Waals surface area contributed by atoms with Crippen molar-refractivity contribution in [3.05, 3.63) is 40.3 Å². The topological polar surface area (TPSA) is 96.2 Å². The second kappa shape index (κ2) is 7.29. The first-order valence-electron chi connectivity index (χ1n) is 8.24. The third-order valence-electron chi connectivity index (χ3n) is 4.08. The fraction of sp³-hybridized carbons (Fsp3) is 0.438. The van der Waals surface area contributed by atoms with Gasteiger partial charge in [0.05, 0.1) is 0 Å². The molecule has 0 unspecified atom stereocenters. The third-order valence-corrected chi connectivity index (χ3v) is 4.08. The molecule has 0 spiro atoms. The Bertz CT molecular complexity index is 795. The highest BCUT2D eigenvalue weighted by Crippen LogP contribution is 2.15. The number of aryl methyl sites for hydroxylation is 1. The van der Waals surface area contributed by atoms with Gasteiger partial charge in [0.15, 0.2) is 5.82 Å². The first-order chi connectivity index (χ1) is 12.1. The van der Waals surface area contributed by atoms with Crippen LogP contribution in [0.3, 0.4) is 0 Å². The van der Waals surface area contributed by atoms with E-state index in [2.05, 4.69) is 25.5 Å². The fourth-order valence-electron chi connectivity index (χ4n) is 2.69. The monoisotopic (exact) mass is 343 g/mol. The highest BCUT2D eigenvalue weighted by molar-refractivity contribution is 5.92. The van der Waals surface area contributed by atoms with E-state index in [1.807, 2.05) is 19.1 Å². The summed E-state index contributed by atoms with van der Waals surface area (Å²) in [4.78, 5) is 27.7. The zero-order valence-electron chi connectivity index (χ0n) is 14.3. The maximum absolute atomic E-state index is 12.5. The molecule has 2 aromatic rings. The van der Waals surface area contributed by atoms with Crippen LogP contribution in [0.2, 0.25) is 0 Å². The van der Waals surface area contributed by atoms with Gasteiger partial charge >= 0.3 is 0 Å². The summed E-state index contributed by atoms with van der Waals surface area (Å²) >= 11 is 0. The lowest BCUT2D eigenvalue weighted by molar-refractivity contribution is 0.0738. The summed E-state index contributed by atoms with van der Waals surface area (Å²) < 4.78 is 1.17. The number of hydrogen-bond acceptors (Lipinski definition) is 7. The minimum Gasteiger partial charge on any atom is -0.369 e. The molecule has 0 bridgehead atoms. The Morgan fingerprint density at radius 3 is 2.48 bits per heavy atom. The number of anilines is 2. The van der Waals surface area contributed by atoms with Gasteiger partial charge in [0.25, 0.3) is 11.5 Å². The van der Waals surface area contributed by atoms with E-state index in [1.165, 1.54) is 23.9 Å². The van der Waals surface area contributed by atoms with Crippen molar-refractivity contribution in [3.63, 3.8) is 0 Å². The van der Waals surface area contributed by atoms with Gasteiger partial charge in [-0.1, -0.05) is 0 Å². The van der Waals surface area contributed by atoms with Crippen LogP contribution in [0.25, 0.3) is 0 Å². The molecule has 2 aromatic heterocycles. The summed E-state index contributed by atoms with van der Waals surface area (Å²) in [5.41, 5.74) is 0.0475. The van der Waals surface area contributed by atoms with E-state index in [4.69, 9.17) is 0 Å². The standard InChI is InChI=1S/C16H21N7O2/c1-3-17-13-5-6-14(19-18-13)22-8-10-23(11-9-22)16(25)12-4-7-15(24)21(2)20-12/h4-7H,3,8-11H2,1-2H3,(H,17,18). The van der Waals surface area contributed by atoms with Gasteiger partial charge in [-0.15, -0.1) is 10.2 Å². The molecule has 1 N–H and O–H groups in total. The highest BCUT2D eigenvalue weighted by atomic mass is 16.2. The van der Waals surface area contributed by atoms with Crippen molar-refractivity contribution in [2.75, 3.05) is 42.9 Å². The summed E-state index contributed by atoms with van der Waals surface area (Å²) in [6.45, 7) is 5.29. The Labute approximate surface area is 145 Å². The number of aromatic nitrogens is 4. The van der Waals surface area contributed by atoms with E-state index in [0.29, 0.717) is 26.2 Å². The minimum absolute atomic E-state index is 0.163. The van der Waals surface area contributed by atoms with Gasteiger partial charge in [-0.2, -0.15) is 5.10 Å². The predicted octanol–water partition coefficient (Wildman–Crippen LogP) is -0.0355. The molecule has 3 rings (SSSR count). The number of rotatable bonds is 4. The van der Waals surface area contributed by atoms with E-state index < -0.39 is 0 Å². The first-order valence-corrected chi connectivity index (χ1v) is 8.24. The smallest absolute Gasteiger partial charge is 0.274 e. The van der Waals surface area contributed by atoms with Crippen LogP contribution in [0.15, 0.2) is 29.1 Å². The molecule has 1 amide bonds. The van der Waals surface area contributed by atoms with Gasteiger partial charge in [0.1, 0.15) is 11.5 Å². The number of nitrogens with one attached hydrogen (secondary N) is 1. The number of carbonyl (C=O) groups is 1. The number of hydrogen-bond donors (Lipinski definition) is 1. The summed E-state index contributed by atoms with van der Waals surface area (Å²) in [5, 5.41) is 15.5. The second-order valence-corrected chi connectivity index (χ2v) is 5.77. The molecule has 132 valence electrons. The largest absolute Gasteiger partial charge is 0.369 e. The molecule has 0 saturated carbocycles. The van der Waals surface area contributed by atoms with E-state index in [-0.39, 0.29) is 17.2 Å². The normalized spacial score (nSPS) is 14.5. The van der Waals surface area contributed by atoms with Crippen molar-refractivity contribution in [1.82, 2.24) is 24.9 Å². The molecule has 9 nitrogen and oxygen atoms in total. The van der Waals surface area contributed by atoms with Gasteiger partial charge in [0.2, 0.25) is 0 Å². The first kappa shape index (κ1) is 16.9. The van der Waals surface area contributed by atoms with Gasteiger partial charge in [-0.25, -0.2) is 4.68 Å². The Morgan fingerprint density at radius 1 is 1.12 bits per heavy atom. The van der Waals surface area contributed by atoms with Crippen LogP contribution in [0.5, 0.6) is 0 Å². The van der Waals surface area contributed by atoms with Crippen LogP contribution in [0.1, 0.15) is 17.4 Å². The van der Waals surface area contributed by atoms with E-state index in [1.54, 1.807) is 4.90 Å². The minimum atomic E-state index is -0.235. The third kappa shape index (κ3) is 3.76. The Kier molecular flexibility index (Phi) is 4.92. The fourth-order valence-corrected chi connectivity index (χ4v) is 2.69. The van der Waals surface area contributed by atoms with Gasteiger partial charge in [-0.3, -0.25) is 9.59 Å². The van der Waals surface area contributed by atoms with E-state index >= 15 is 0 Å². The maximum Gasteiger partial charge on any atom is 0.274 e. The van der Waals surface area contributed by atoms with Crippen molar-refractivity contribution >= 4 is 17.5 Å². The van der Waals surface area contributed by atoms with E-state index in [9.17, 15) is 9.59 Å². The molecule has 0 aromatic carbocycles. The molecule has 1 aliphatic heterocycles. The SMILES string of the molecule is CCNc1ccc(N2CCN(C(=O)c3ccc(=O)n(C)n3)CC2)nn1. The van der Waals surface area contributed by atoms with Crippen molar-refractivity contribution in [1.29, 1.82) is 0 Å². The Morgan fingerprint density at radius 2 is 1.88 bits per heavy atom. The quantitative estimate of drug-likeness (QED) is 0.832. The lowest BCUT2D eigenvalue weighted by Crippen LogP contribution is -2.49. The summed E-state index contributed by atoms with van der Waals surface area (Å²) in [7, 11) is 1.53. The average Bonchev–Trinajstić information content (AvgIpc) is 2.64. The van der Waals surface area contributed by atoms with Crippen LogP contribution in [-0.2, 0) is 7.05 Å². The molecular weight excluding hydrogens is 322 g/mol. The number of nitrogens with zero attached hydrogens (tertiary/aromatic N) is 6. The lowest BCUT2D eigenvalue weighted by atomic mass is 10.2. The Hall–Kier alpha value is -2.97. The van der Waals surface area contributed by atoms with Crippen LogP contribution in [0.4, 0.5) is 11.6 Å². The molecule has 1 saturated heterocycles. The summed E-state index contributed by atoms with van der Waals surface area (Å²) in [6.07, 6.45) is 0. The number of amides is 1. The highest BCUT2D eigenvalue weighted by Gasteiger charge is 2.24. The van der Waals surface area contributed by atoms with Crippen molar-refractivity contribution in [2.45, 2.75) is 6.92 Å². The number of carbonyl (C=O) groups excluding carboxylic acids is 1. The molecule has 25 heavy (non-hydrogen) atoms. The van der Waals surface area contributed by atoms with Crippen molar-refractivity contribution in [3.8, 4) is 0 Å².